The lowest BCUT2D eigenvalue weighted by molar-refractivity contribution is -0.140. The van der Waals surface area contributed by atoms with E-state index in [9.17, 15) is 26.4 Å². The molecule has 0 atom stereocenters. The minimum absolute atomic E-state index is 0.0114. The topological polar surface area (TPSA) is 153 Å². The van der Waals surface area contributed by atoms with Gasteiger partial charge in [0.05, 0.1) is 24.3 Å². The number of rotatable bonds is 7. The molecule has 0 unspecified atom stereocenters. The SMILES string of the molecule is Cc1ccc(S(=O)(=O)OCCn2c(=O)n(CC(F)(F)F)c3c2nc(N)n2nc(-c4ccco4)nc32)cc1. The molecule has 0 spiro atoms. The summed E-state index contributed by atoms with van der Waals surface area (Å²) in [6, 6.07) is 8.98. The third kappa shape index (κ3) is 4.55. The van der Waals surface area contributed by atoms with E-state index in [0.29, 0.717) is 4.57 Å². The van der Waals surface area contributed by atoms with Gasteiger partial charge in [0.1, 0.15) is 12.1 Å². The van der Waals surface area contributed by atoms with Crippen LogP contribution in [0, 0.1) is 6.92 Å². The molecule has 2 N–H and O–H groups in total. The van der Waals surface area contributed by atoms with Crippen molar-refractivity contribution in [1.29, 1.82) is 0 Å². The maximum atomic E-state index is 13.4. The second-order valence-corrected chi connectivity index (χ2v) is 9.63. The van der Waals surface area contributed by atoms with Crippen molar-refractivity contribution in [1.82, 2.24) is 28.7 Å². The quantitative estimate of drug-likeness (QED) is 0.308. The Kier molecular flexibility index (Phi) is 5.79. The van der Waals surface area contributed by atoms with Crippen molar-refractivity contribution in [2.24, 2.45) is 0 Å². The van der Waals surface area contributed by atoms with Gasteiger partial charge in [-0.1, -0.05) is 17.7 Å². The predicted molar refractivity (Wildman–Crippen MR) is 123 cm³/mol. The molecule has 0 radical (unpaired) electrons. The smallest absolute Gasteiger partial charge is 0.406 e. The molecule has 0 aliphatic rings. The summed E-state index contributed by atoms with van der Waals surface area (Å²) in [4.78, 5) is 21.3. The molecular weight excluding hydrogens is 519 g/mol. The highest BCUT2D eigenvalue weighted by Gasteiger charge is 2.33. The first kappa shape index (κ1) is 24.5. The monoisotopic (exact) mass is 537 g/mol. The molecule has 4 aromatic heterocycles. The van der Waals surface area contributed by atoms with Crippen molar-refractivity contribution in [2.75, 3.05) is 12.3 Å². The summed E-state index contributed by atoms with van der Waals surface area (Å²) in [5, 5.41) is 4.13. The highest BCUT2D eigenvalue weighted by Crippen LogP contribution is 2.26. The number of benzene rings is 1. The van der Waals surface area contributed by atoms with Gasteiger partial charge < -0.3 is 10.2 Å². The fourth-order valence-corrected chi connectivity index (χ4v) is 4.64. The van der Waals surface area contributed by atoms with Crippen LogP contribution in [0.15, 0.2) is 56.8 Å². The van der Waals surface area contributed by atoms with E-state index in [0.717, 1.165) is 14.6 Å². The normalized spacial score (nSPS) is 12.6. The van der Waals surface area contributed by atoms with E-state index >= 15 is 0 Å². The Bertz CT molecular complexity index is 1770. The second kappa shape index (κ2) is 8.74. The average Bonchev–Trinajstić information content (AvgIpc) is 3.54. The zero-order chi connectivity index (χ0) is 26.5. The number of aryl methyl sites for hydroxylation is 1. The largest absolute Gasteiger partial charge is 0.461 e. The number of anilines is 1. The lowest BCUT2D eigenvalue weighted by Crippen LogP contribution is -2.31. The minimum atomic E-state index is -4.77. The average molecular weight is 537 g/mol. The predicted octanol–water partition coefficient (Wildman–Crippen LogP) is 2.36. The van der Waals surface area contributed by atoms with E-state index in [1.54, 1.807) is 25.1 Å². The molecule has 5 rings (SSSR count). The van der Waals surface area contributed by atoms with Gasteiger partial charge in [-0.05, 0) is 31.2 Å². The number of imidazole rings is 1. The van der Waals surface area contributed by atoms with Crippen LogP contribution in [0.4, 0.5) is 19.1 Å². The molecule has 4 heterocycles. The van der Waals surface area contributed by atoms with E-state index in [1.807, 2.05) is 0 Å². The summed E-state index contributed by atoms with van der Waals surface area (Å²) in [6.07, 6.45) is -3.41. The van der Waals surface area contributed by atoms with Crippen LogP contribution in [0.1, 0.15) is 5.56 Å². The fraction of sp³-hybridized carbons (Fsp3) is 0.238. The minimum Gasteiger partial charge on any atom is -0.461 e. The molecule has 0 amide bonds. The number of hydrogen-bond acceptors (Lipinski definition) is 9. The van der Waals surface area contributed by atoms with Gasteiger partial charge in [0, 0.05) is 0 Å². The molecule has 0 saturated carbocycles. The molecule has 0 fully saturated rings. The first-order chi connectivity index (χ1) is 17.4. The number of hydrogen-bond donors (Lipinski definition) is 1. The number of alkyl halides is 3. The van der Waals surface area contributed by atoms with Crippen molar-refractivity contribution < 1.29 is 30.2 Å². The molecule has 0 aliphatic heterocycles. The number of aromatic nitrogens is 6. The Morgan fingerprint density at radius 2 is 1.81 bits per heavy atom. The van der Waals surface area contributed by atoms with E-state index in [4.69, 9.17) is 14.3 Å². The van der Waals surface area contributed by atoms with Gasteiger partial charge in [-0.2, -0.15) is 31.1 Å². The van der Waals surface area contributed by atoms with Crippen LogP contribution in [0.5, 0.6) is 0 Å². The highest BCUT2D eigenvalue weighted by atomic mass is 32.2. The molecular formula is C21H18F3N7O5S. The Balaban J connectivity index is 1.58. The molecule has 194 valence electrons. The Morgan fingerprint density at radius 1 is 1.08 bits per heavy atom. The van der Waals surface area contributed by atoms with Crippen LogP contribution in [0.2, 0.25) is 0 Å². The molecule has 1 aromatic carbocycles. The van der Waals surface area contributed by atoms with Crippen molar-refractivity contribution in [3.63, 3.8) is 0 Å². The van der Waals surface area contributed by atoms with Crippen LogP contribution in [-0.4, -0.2) is 49.9 Å². The molecule has 12 nitrogen and oxygen atoms in total. The lowest BCUT2D eigenvalue weighted by atomic mass is 10.2. The van der Waals surface area contributed by atoms with Crippen LogP contribution in [0.3, 0.4) is 0 Å². The van der Waals surface area contributed by atoms with E-state index in [-0.39, 0.29) is 39.2 Å². The molecule has 0 saturated heterocycles. The lowest BCUT2D eigenvalue weighted by Gasteiger charge is -2.07. The zero-order valence-corrected chi connectivity index (χ0v) is 19.8. The van der Waals surface area contributed by atoms with Gasteiger partial charge in [-0.15, -0.1) is 5.10 Å². The number of nitrogens with two attached hydrogens (primary N) is 1. The van der Waals surface area contributed by atoms with Crippen LogP contribution >= 0.6 is 0 Å². The summed E-state index contributed by atoms with van der Waals surface area (Å²) in [7, 11) is -4.18. The molecule has 0 aliphatic carbocycles. The van der Waals surface area contributed by atoms with E-state index < -0.39 is 41.7 Å². The number of halogens is 3. The van der Waals surface area contributed by atoms with Crippen molar-refractivity contribution >= 4 is 32.9 Å². The third-order valence-electron chi connectivity index (χ3n) is 5.40. The van der Waals surface area contributed by atoms with Crippen molar-refractivity contribution in [3.8, 4) is 11.6 Å². The second-order valence-electron chi connectivity index (χ2n) is 8.02. The van der Waals surface area contributed by atoms with Crippen LogP contribution in [-0.2, 0) is 27.4 Å². The Labute approximate surface area is 205 Å². The fourth-order valence-electron chi connectivity index (χ4n) is 3.74. The first-order valence-electron chi connectivity index (χ1n) is 10.7. The molecule has 5 aromatic rings. The Hall–Kier alpha value is -4.18. The van der Waals surface area contributed by atoms with Crippen LogP contribution in [0.25, 0.3) is 28.4 Å². The maximum Gasteiger partial charge on any atom is 0.406 e. The summed E-state index contributed by atoms with van der Waals surface area (Å²) in [6.45, 7) is -0.865. The van der Waals surface area contributed by atoms with Gasteiger partial charge in [0.25, 0.3) is 10.1 Å². The van der Waals surface area contributed by atoms with E-state index in [1.165, 1.54) is 24.5 Å². The van der Waals surface area contributed by atoms with Crippen molar-refractivity contribution in [2.45, 2.75) is 31.1 Å². The van der Waals surface area contributed by atoms with Crippen LogP contribution < -0.4 is 11.4 Å². The number of furan rings is 1. The summed E-state index contributed by atoms with van der Waals surface area (Å²) in [5.41, 5.74) is 5.01. The maximum absolute atomic E-state index is 13.4. The molecule has 0 bridgehead atoms. The van der Waals surface area contributed by atoms with Gasteiger partial charge >= 0.3 is 11.9 Å². The van der Waals surface area contributed by atoms with Gasteiger partial charge in [0.2, 0.25) is 11.8 Å². The standard InChI is InChI=1S/C21H18F3N7O5S/c1-12-4-6-13(7-5-12)37(33,34)36-10-8-29-17-15(30(20(29)32)11-21(22,23)24)18-26-16(14-3-2-9-35-14)28-31(18)19(25)27-17/h2-7,9H,8,10-11H2,1H3,(H2,25,27). The summed E-state index contributed by atoms with van der Waals surface area (Å²) in [5.74, 6) is -0.0358. The van der Waals surface area contributed by atoms with Gasteiger partial charge in [-0.3, -0.25) is 13.3 Å². The van der Waals surface area contributed by atoms with Gasteiger partial charge in [-0.25, -0.2) is 9.78 Å². The highest BCUT2D eigenvalue weighted by molar-refractivity contribution is 7.86. The zero-order valence-electron chi connectivity index (χ0n) is 19.0. The summed E-state index contributed by atoms with van der Waals surface area (Å²) < 4.78 is 77.8. The van der Waals surface area contributed by atoms with Gasteiger partial charge in [0.15, 0.2) is 17.1 Å². The van der Waals surface area contributed by atoms with Crippen molar-refractivity contribution in [3.05, 3.63) is 58.7 Å². The third-order valence-corrected chi connectivity index (χ3v) is 6.72. The number of fused-ring (bicyclic) bond motifs is 3. The van der Waals surface area contributed by atoms with E-state index in [2.05, 4.69) is 15.1 Å². The summed E-state index contributed by atoms with van der Waals surface area (Å²) >= 11 is 0. The molecule has 16 heteroatoms. The Morgan fingerprint density at radius 3 is 2.46 bits per heavy atom. The number of nitrogen functional groups attached to an aromatic ring is 1. The first-order valence-corrected chi connectivity index (χ1v) is 12.1. The molecule has 37 heavy (non-hydrogen) atoms. The number of nitrogens with zero attached hydrogens (tertiary/aromatic N) is 6.